The number of hydrogen-bond acceptors (Lipinski definition) is 2. The second kappa shape index (κ2) is 4.45. The minimum absolute atomic E-state index is 0.238. The van der Waals surface area contributed by atoms with E-state index in [1.54, 1.807) is 0 Å². The fraction of sp³-hybridized carbons (Fsp3) is 0.316. The minimum atomic E-state index is 0.238. The van der Waals surface area contributed by atoms with E-state index in [1.807, 2.05) is 0 Å². The Morgan fingerprint density at radius 1 is 1.00 bits per heavy atom. The highest BCUT2D eigenvalue weighted by molar-refractivity contribution is 6.10. The second-order valence-corrected chi connectivity index (χ2v) is 6.83. The Labute approximate surface area is 126 Å². The summed E-state index contributed by atoms with van der Waals surface area (Å²) in [4.78, 5) is 7.39. The smallest absolute Gasteiger partial charge is 0.115 e. The van der Waals surface area contributed by atoms with E-state index >= 15 is 0 Å². The molecule has 2 aliphatic rings. The first-order chi connectivity index (χ1) is 10.2. The van der Waals surface area contributed by atoms with Gasteiger partial charge in [0.15, 0.2) is 0 Å². The standard InChI is InChI=1S/C19H20N2/c1-19(2)12-20-18-17(14-8-4-3-5-9-14)15-10-6-7-11-16(15)21(18)13-19/h3-11,17H,12-13H2,1-2H3. The van der Waals surface area contributed by atoms with Gasteiger partial charge < -0.3 is 4.90 Å². The van der Waals surface area contributed by atoms with Crippen molar-refractivity contribution < 1.29 is 0 Å². The topological polar surface area (TPSA) is 15.6 Å². The zero-order valence-corrected chi connectivity index (χ0v) is 12.6. The van der Waals surface area contributed by atoms with Gasteiger partial charge >= 0.3 is 0 Å². The SMILES string of the molecule is CC1(C)CN=C2C(c3ccccc3)c3ccccc3N2C1. The van der Waals surface area contributed by atoms with Crippen LogP contribution in [0.15, 0.2) is 59.6 Å². The third-order valence-electron chi connectivity index (χ3n) is 4.46. The molecule has 0 saturated carbocycles. The monoisotopic (exact) mass is 276 g/mol. The first-order valence-electron chi connectivity index (χ1n) is 7.61. The highest BCUT2D eigenvalue weighted by Gasteiger charge is 2.40. The summed E-state index contributed by atoms with van der Waals surface area (Å²) in [6, 6.07) is 19.5. The summed E-state index contributed by atoms with van der Waals surface area (Å²) in [5, 5.41) is 0. The van der Waals surface area contributed by atoms with Crippen LogP contribution in [0.2, 0.25) is 0 Å². The summed E-state index contributed by atoms with van der Waals surface area (Å²) in [5.41, 5.74) is 4.30. The number of fused-ring (bicyclic) bond motifs is 3. The molecule has 0 N–H and O–H groups in total. The van der Waals surface area contributed by atoms with Gasteiger partial charge in [-0.1, -0.05) is 62.4 Å². The molecule has 1 unspecified atom stereocenters. The lowest BCUT2D eigenvalue weighted by atomic mass is 9.89. The van der Waals surface area contributed by atoms with Gasteiger partial charge in [0.25, 0.3) is 0 Å². The Hall–Kier alpha value is -2.09. The molecule has 106 valence electrons. The molecule has 2 aliphatic heterocycles. The molecule has 2 aromatic rings. The fourth-order valence-corrected chi connectivity index (χ4v) is 3.49. The van der Waals surface area contributed by atoms with Gasteiger partial charge in [0.05, 0.1) is 5.92 Å². The van der Waals surface area contributed by atoms with Crippen molar-refractivity contribution in [2.75, 3.05) is 18.0 Å². The van der Waals surface area contributed by atoms with Gasteiger partial charge in [-0.3, -0.25) is 4.99 Å². The number of para-hydroxylation sites is 1. The minimum Gasteiger partial charge on any atom is -0.328 e. The van der Waals surface area contributed by atoms with Crippen LogP contribution in [0.5, 0.6) is 0 Å². The number of rotatable bonds is 1. The molecular formula is C19H20N2. The quantitative estimate of drug-likeness (QED) is 0.766. The third kappa shape index (κ3) is 1.98. The Morgan fingerprint density at radius 2 is 1.71 bits per heavy atom. The predicted molar refractivity (Wildman–Crippen MR) is 88.2 cm³/mol. The Balaban J connectivity index is 1.89. The van der Waals surface area contributed by atoms with Gasteiger partial charge in [0.2, 0.25) is 0 Å². The van der Waals surface area contributed by atoms with Crippen molar-refractivity contribution in [1.82, 2.24) is 0 Å². The number of nitrogens with zero attached hydrogens (tertiary/aromatic N) is 2. The molecule has 0 aromatic heterocycles. The molecule has 4 rings (SSSR count). The Morgan fingerprint density at radius 3 is 2.52 bits per heavy atom. The largest absolute Gasteiger partial charge is 0.328 e. The first-order valence-corrected chi connectivity index (χ1v) is 7.61. The normalized spacial score (nSPS) is 22.5. The van der Waals surface area contributed by atoms with Crippen LogP contribution in [0, 0.1) is 5.41 Å². The van der Waals surface area contributed by atoms with Crippen LogP contribution in [0.4, 0.5) is 5.69 Å². The summed E-state index contributed by atoms with van der Waals surface area (Å²) in [6.45, 7) is 6.56. The lowest BCUT2D eigenvalue weighted by Crippen LogP contribution is -2.43. The van der Waals surface area contributed by atoms with E-state index in [4.69, 9.17) is 4.99 Å². The number of anilines is 1. The van der Waals surface area contributed by atoms with E-state index in [1.165, 1.54) is 22.6 Å². The van der Waals surface area contributed by atoms with Crippen LogP contribution in [0.25, 0.3) is 0 Å². The van der Waals surface area contributed by atoms with Crippen molar-refractivity contribution in [3.63, 3.8) is 0 Å². The summed E-state index contributed by atoms with van der Waals surface area (Å²) in [6.07, 6.45) is 0. The average molecular weight is 276 g/mol. The third-order valence-corrected chi connectivity index (χ3v) is 4.46. The van der Waals surface area contributed by atoms with Crippen LogP contribution in [0.1, 0.15) is 30.9 Å². The number of aliphatic imine (C=N–C) groups is 1. The Kier molecular flexibility index (Phi) is 2.68. The molecule has 0 radical (unpaired) electrons. The fourth-order valence-electron chi connectivity index (χ4n) is 3.49. The maximum atomic E-state index is 4.96. The van der Waals surface area contributed by atoms with Crippen molar-refractivity contribution in [3.8, 4) is 0 Å². The molecule has 0 saturated heterocycles. The lowest BCUT2D eigenvalue weighted by molar-refractivity contribution is 0.381. The van der Waals surface area contributed by atoms with E-state index in [9.17, 15) is 0 Å². The van der Waals surface area contributed by atoms with Crippen LogP contribution >= 0.6 is 0 Å². The van der Waals surface area contributed by atoms with Crippen molar-refractivity contribution in [2.24, 2.45) is 10.4 Å². The molecule has 2 heteroatoms. The molecule has 0 aliphatic carbocycles. The van der Waals surface area contributed by atoms with Gasteiger partial charge in [-0.2, -0.15) is 0 Å². The van der Waals surface area contributed by atoms with Gasteiger partial charge in [-0.15, -0.1) is 0 Å². The molecule has 2 nitrogen and oxygen atoms in total. The molecule has 1 atom stereocenters. The number of amidine groups is 1. The summed E-state index contributed by atoms with van der Waals surface area (Å²) >= 11 is 0. The van der Waals surface area contributed by atoms with E-state index in [-0.39, 0.29) is 5.41 Å². The number of hydrogen-bond donors (Lipinski definition) is 0. The number of benzene rings is 2. The lowest BCUT2D eigenvalue weighted by Gasteiger charge is -2.36. The van der Waals surface area contributed by atoms with Crippen LogP contribution in [-0.2, 0) is 0 Å². The van der Waals surface area contributed by atoms with Crippen molar-refractivity contribution in [1.29, 1.82) is 0 Å². The summed E-state index contributed by atoms with van der Waals surface area (Å²) in [7, 11) is 0. The van der Waals surface area contributed by atoms with Crippen LogP contribution in [-0.4, -0.2) is 18.9 Å². The van der Waals surface area contributed by atoms with Crippen molar-refractivity contribution in [2.45, 2.75) is 19.8 Å². The van der Waals surface area contributed by atoms with Gasteiger partial charge in [0, 0.05) is 24.2 Å². The van der Waals surface area contributed by atoms with E-state index in [0.717, 1.165) is 13.1 Å². The molecule has 21 heavy (non-hydrogen) atoms. The highest BCUT2D eigenvalue weighted by atomic mass is 15.2. The highest BCUT2D eigenvalue weighted by Crippen LogP contribution is 2.44. The van der Waals surface area contributed by atoms with Crippen molar-refractivity contribution >= 4 is 11.5 Å². The molecule has 0 amide bonds. The van der Waals surface area contributed by atoms with Crippen LogP contribution < -0.4 is 4.90 Å². The van der Waals surface area contributed by atoms with E-state index in [0.29, 0.717) is 5.92 Å². The van der Waals surface area contributed by atoms with E-state index < -0.39 is 0 Å². The summed E-state index contributed by atoms with van der Waals surface area (Å²) in [5.74, 6) is 1.51. The average Bonchev–Trinajstić information content (AvgIpc) is 2.81. The first kappa shape index (κ1) is 12.6. The predicted octanol–water partition coefficient (Wildman–Crippen LogP) is 4.08. The summed E-state index contributed by atoms with van der Waals surface area (Å²) < 4.78 is 0. The van der Waals surface area contributed by atoms with Gasteiger partial charge in [-0.05, 0) is 17.2 Å². The molecule has 0 spiro atoms. The van der Waals surface area contributed by atoms with Gasteiger partial charge in [0.1, 0.15) is 5.84 Å². The molecule has 2 heterocycles. The molecule has 2 aromatic carbocycles. The maximum Gasteiger partial charge on any atom is 0.115 e. The molecule has 0 bridgehead atoms. The molecule has 0 fully saturated rings. The van der Waals surface area contributed by atoms with Gasteiger partial charge in [-0.25, -0.2) is 0 Å². The Bertz CT molecular complexity index is 701. The van der Waals surface area contributed by atoms with Crippen molar-refractivity contribution in [3.05, 3.63) is 65.7 Å². The maximum absolute atomic E-state index is 4.96. The van der Waals surface area contributed by atoms with Crippen LogP contribution in [0.3, 0.4) is 0 Å². The zero-order chi connectivity index (χ0) is 14.4. The zero-order valence-electron chi connectivity index (χ0n) is 12.6. The molecular weight excluding hydrogens is 256 g/mol. The second-order valence-electron chi connectivity index (χ2n) is 6.83. The van der Waals surface area contributed by atoms with E-state index in [2.05, 4.69) is 73.3 Å².